The number of carbonyl (C=O) groups excluding carboxylic acids is 1. The molecule has 1 N–H and O–H groups in total. The van der Waals surface area contributed by atoms with Crippen molar-refractivity contribution in [3.8, 4) is 0 Å². The van der Waals surface area contributed by atoms with Crippen molar-refractivity contribution >= 4 is 11.7 Å². The molecule has 1 aromatic heterocycles. The molecular formula is C20H19F3N2O3. The van der Waals surface area contributed by atoms with Gasteiger partial charge in [0.1, 0.15) is 5.82 Å². The number of aliphatic hydroxyl groups is 1. The van der Waals surface area contributed by atoms with Crippen LogP contribution in [0.4, 0.5) is 19.0 Å². The number of halogens is 3. The van der Waals surface area contributed by atoms with Gasteiger partial charge in [0.15, 0.2) is 6.10 Å². The second kappa shape index (κ2) is 7.73. The molecule has 28 heavy (non-hydrogen) atoms. The van der Waals surface area contributed by atoms with Crippen LogP contribution in [0.1, 0.15) is 11.1 Å². The Labute approximate surface area is 160 Å². The lowest BCUT2D eigenvalue weighted by Crippen LogP contribution is -2.59. The van der Waals surface area contributed by atoms with E-state index in [0.29, 0.717) is 6.42 Å². The van der Waals surface area contributed by atoms with Crippen LogP contribution in [0, 0.1) is 0 Å². The lowest BCUT2D eigenvalue weighted by atomic mass is 9.86. The quantitative estimate of drug-likeness (QED) is 0.768. The highest BCUT2D eigenvalue weighted by Crippen LogP contribution is 2.44. The number of aromatic nitrogens is 1. The summed E-state index contributed by atoms with van der Waals surface area (Å²) in [5, 5.41) is 10.8. The number of pyridine rings is 1. The molecule has 0 saturated heterocycles. The Kier molecular flexibility index (Phi) is 5.53. The van der Waals surface area contributed by atoms with E-state index in [0.717, 1.165) is 22.6 Å². The van der Waals surface area contributed by atoms with E-state index in [1.807, 2.05) is 0 Å². The fourth-order valence-electron chi connectivity index (χ4n) is 3.25. The molecule has 1 aliphatic rings. The van der Waals surface area contributed by atoms with E-state index in [4.69, 9.17) is 4.74 Å². The lowest BCUT2D eigenvalue weighted by Gasteiger charge is -2.38. The largest absolute Gasteiger partial charge is 0.424 e. The Balaban J connectivity index is 2.07. The summed E-state index contributed by atoms with van der Waals surface area (Å²) >= 11 is 0. The number of rotatable bonds is 6. The Morgan fingerprint density at radius 2 is 2.00 bits per heavy atom. The molecule has 1 amide bonds. The van der Waals surface area contributed by atoms with Gasteiger partial charge in [-0.05, 0) is 23.6 Å². The van der Waals surface area contributed by atoms with E-state index in [1.165, 1.54) is 30.5 Å². The van der Waals surface area contributed by atoms with Gasteiger partial charge in [0.05, 0.1) is 6.61 Å². The Bertz CT molecular complexity index is 857. The third-order valence-corrected chi connectivity index (χ3v) is 4.62. The van der Waals surface area contributed by atoms with Crippen molar-refractivity contribution in [3.63, 3.8) is 0 Å². The normalized spacial score (nSPS) is 16.9. The monoisotopic (exact) mass is 392 g/mol. The van der Waals surface area contributed by atoms with Crippen LogP contribution in [0.5, 0.6) is 0 Å². The SMILES string of the molecule is C=CCO[C@@H](C(=O)N1CCc2cccnc21)[C@](O)(c1ccccc1)C(F)(F)F. The van der Waals surface area contributed by atoms with Crippen LogP contribution in [0.3, 0.4) is 0 Å². The van der Waals surface area contributed by atoms with E-state index in [9.17, 15) is 23.1 Å². The molecule has 1 aliphatic heterocycles. The summed E-state index contributed by atoms with van der Waals surface area (Å²) in [6.07, 6.45) is -4.25. The first-order valence-corrected chi connectivity index (χ1v) is 8.63. The van der Waals surface area contributed by atoms with Crippen LogP contribution >= 0.6 is 0 Å². The maximum Gasteiger partial charge on any atom is 0.424 e. The number of hydrogen-bond donors (Lipinski definition) is 1. The predicted octanol–water partition coefficient (Wildman–Crippen LogP) is 2.99. The molecule has 0 saturated carbocycles. The molecule has 0 spiro atoms. The smallest absolute Gasteiger partial charge is 0.374 e. The van der Waals surface area contributed by atoms with Crippen molar-refractivity contribution in [2.45, 2.75) is 24.3 Å². The standard InChI is InChI=1S/C20H19F3N2O3/c1-2-13-28-16(18(26)25-12-10-14-7-6-11-24-17(14)25)19(27,20(21,22)23)15-8-4-3-5-9-15/h2-9,11,16,27H,1,10,12-13H2/t16-,19+/m0/s1. The highest BCUT2D eigenvalue weighted by molar-refractivity contribution is 5.98. The van der Waals surface area contributed by atoms with Crippen LogP contribution in [-0.4, -0.2) is 41.4 Å². The summed E-state index contributed by atoms with van der Waals surface area (Å²) in [6, 6.07) is 9.89. The Morgan fingerprint density at radius 3 is 2.64 bits per heavy atom. The number of benzene rings is 1. The first kappa shape index (κ1) is 20.0. The first-order valence-electron chi connectivity index (χ1n) is 8.63. The number of nitrogens with zero attached hydrogens (tertiary/aromatic N) is 2. The van der Waals surface area contributed by atoms with Gasteiger partial charge in [-0.3, -0.25) is 9.69 Å². The third kappa shape index (κ3) is 3.41. The van der Waals surface area contributed by atoms with Gasteiger partial charge >= 0.3 is 6.18 Å². The molecule has 2 atom stereocenters. The Hall–Kier alpha value is -2.71. The topological polar surface area (TPSA) is 62.7 Å². The first-order chi connectivity index (χ1) is 13.3. The molecular weight excluding hydrogens is 373 g/mol. The van der Waals surface area contributed by atoms with Crippen LogP contribution in [0.15, 0.2) is 61.3 Å². The highest BCUT2D eigenvalue weighted by atomic mass is 19.4. The van der Waals surface area contributed by atoms with Gasteiger partial charge in [-0.1, -0.05) is 42.5 Å². The van der Waals surface area contributed by atoms with Crippen molar-refractivity contribution in [1.29, 1.82) is 0 Å². The summed E-state index contributed by atoms with van der Waals surface area (Å²) in [5.41, 5.74) is -3.27. The van der Waals surface area contributed by atoms with Gasteiger partial charge in [-0.2, -0.15) is 13.2 Å². The molecule has 5 nitrogen and oxygen atoms in total. The van der Waals surface area contributed by atoms with Gasteiger partial charge in [-0.25, -0.2) is 4.98 Å². The molecule has 148 valence electrons. The van der Waals surface area contributed by atoms with Crippen LogP contribution in [0.25, 0.3) is 0 Å². The number of fused-ring (bicyclic) bond motifs is 1. The number of hydrogen-bond acceptors (Lipinski definition) is 4. The van der Waals surface area contributed by atoms with Crippen LogP contribution in [0.2, 0.25) is 0 Å². The molecule has 8 heteroatoms. The highest BCUT2D eigenvalue weighted by Gasteiger charge is 2.63. The molecule has 0 radical (unpaired) electrons. The van der Waals surface area contributed by atoms with Gasteiger partial charge in [0.25, 0.3) is 5.91 Å². The second-order valence-electron chi connectivity index (χ2n) is 6.36. The minimum absolute atomic E-state index is 0.155. The van der Waals surface area contributed by atoms with E-state index in [-0.39, 0.29) is 19.0 Å². The molecule has 0 bridgehead atoms. The van der Waals surface area contributed by atoms with Crippen LogP contribution in [-0.2, 0) is 21.6 Å². The Morgan fingerprint density at radius 1 is 1.29 bits per heavy atom. The van der Waals surface area contributed by atoms with E-state index < -0.39 is 29.4 Å². The summed E-state index contributed by atoms with van der Waals surface area (Å²) in [4.78, 5) is 18.4. The molecule has 2 aromatic rings. The van der Waals surface area contributed by atoms with Crippen molar-refractivity contribution in [2.75, 3.05) is 18.1 Å². The van der Waals surface area contributed by atoms with E-state index >= 15 is 0 Å². The van der Waals surface area contributed by atoms with E-state index in [2.05, 4.69) is 11.6 Å². The number of alkyl halides is 3. The summed E-state index contributed by atoms with van der Waals surface area (Å²) in [6.45, 7) is 3.23. The zero-order valence-electron chi connectivity index (χ0n) is 14.9. The summed E-state index contributed by atoms with van der Waals surface area (Å²) in [7, 11) is 0. The fourth-order valence-corrected chi connectivity index (χ4v) is 3.25. The predicted molar refractivity (Wildman–Crippen MR) is 96.6 cm³/mol. The summed E-state index contributed by atoms with van der Waals surface area (Å²) in [5.74, 6) is -0.736. The van der Waals surface area contributed by atoms with Gasteiger partial charge in [-0.15, -0.1) is 6.58 Å². The maximum atomic E-state index is 14.1. The number of amides is 1. The minimum Gasteiger partial charge on any atom is -0.374 e. The molecule has 0 fully saturated rings. The molecule has 2 heterocycles. The zero-order chi connectivity index (χ0) is 20.4. The number of ether oxygens (including phenoxy) is 1. The van der Waals surface area contributed by atoms with Crippen molar-refractivity contribution < 1.29 is 27.8 Å². The zero-order valence-corrected chi connectivity index (χ0v) is 14.9. The van der Waals surface area contributed by atoms with Crippen molar-refractivity contribution in [3.05, 3.63) is 72.4 Å². The lowest BCUT2D eigenvalue weighted by molar-refractivity contribution is -0.297. The third-order valence-electron chi connectivity index (χ3n) is 4.62. The van der Waals surface area contributed by atoms with Gasteiger partial charge < -0.3 is 9.84 Å². The molecule has 0 aliphatic carbocycles. The molecule has 0 unspecified atom stereocenters. The number of anilines is 1. The van der Waals surface area contributed by atoms with Gasteiger partial charge in [0, 0.05) is 12.7 Å². The molecule has 3 rings (SSSR count). The fraction of sp³-hybridized carbons (Fsp3) is 0.300. The second-order valence-corrected chi connectivity index (χ2v) is 6.36. The average Bonchev–Trinajstić information content (AvgIpc) is 3.11. The van der Waals surface area contributed by atoms with Gasteiger partial charge in [0.2, 0.25) is 5.60 Å². The van der Waals surface area contributed by atoms with E-state index in [1.54, 1.807) is 12.1 Å². The molecule has 1 aromatic carbocycles. The van der Waals surface area contributed by atoms with Crippen LogP contribution < -0.4 is 4.90 Å². The van der Waals surface area contributed by atoms with Crippen molar-refractivity contribution in [1.82, 2.24) is 4.98 Å². The van der Waals surface area contributed by atoms with Crippen molar-refractivity contribution in [2.24, 2.45) is 0 Å². The summed E-state index contributed by atoms with van der Waals surface area (Å²) < 4.78 is 47.4. The number of carbonyl (C=O) groups is 1. The minimum atomic E-state index is -5.16. The maximum absolute atomic E-state index is 14.1. The average molecular weight is 392 g/mol.